The number of rotatable bonds is 6. The summed E-state index contributed by atoms with van der Waals surface area (Å²) >= 11 is 0. The van der Waals surface area contributed by atoms with Crippen molar-refractivity contribution in [3.8, 4) is 0 Å². The van der Waals surface area contributed by atoms with Crippen molar-refractivity contribution in [3.05, 3.63) is 0 Å². The zero-order valence-electron chi connectivity index (χ0n) is 12.8. The highest BCUT2D eigenvalue weighted by Crippen LogP contribution is 2.36. The van der Waals surface area contributed by atoms with Crippen molar-refractivity contribution in [2.45, 2.75) is 70.9 Å². The molecule has 0 aliphatic heterocycles. The van der Waals surface area contributed by atoms with Gasteiger partial charge >= 0.3 is 0 Å². The van der Waals surface area contributed by atoms with Gasteiger partial charge < -0.3 is 10.2 Å². The first-order valence-corrected chi connectivity index (χ1v) is 8.14. The summed E-state index contributed by atoms with van der Waals surface area (Å²) in [6.07, 6.45) is 8.86. The van der Waals surface area contributed by atoms with E-state index in [9.17, 15) is 4.79 Å². The number of carbonyl (C=O) groups is 1. The lowest BCUT2D eigenvalue weighted by molar-refractivity contribution is -0.138. The van der Waals surface area contributed by atoms with E-state index < -0.39 is 0 Å². The zero-order valence-corrected chi connectivity index (χ0v) is 12.8. The molecule has 0 aromatic rings. The number of hydrogen-bond acceptors (Lipinski definition) is 2. The van der Waals surface area contributed by atoms with E-state index in [0.29, 0.717) is 18.0 Å². The van der Waals surface area contributed by atoms with Crippen molar-refractivity contribution >= 4 is 5.91 Å². The van der Waals surface area contributed by atoms with Crippen molar-refractivity contribution in [2.24, 2.45) is 11.8 Å². The second kappa shape index (κ2) is 6.74. The number of amides is 1. The van der Waals surface area contributed by atoms with Gasteiger partial charge in [-0.25, -0.2) is 0 Å². The number of nitrogens with one attached hydrogen (secondary N) is 1. The molecule has 2 aliphatic rings. The highest BCUT2D eigenvalue weighted by atomic mass is 16.2. The average Bonchev–Trinajstić information content (AvgIpc) is 3.24. The van der Waals surface area contributed by atoms with Crippen LogP contribution in [0.1, 0.15) is 58.8 Å². The minimum Gasteiger partial charge on any atom is -0.336 e. The van der Waals surface area contributed by atoms with E-state index in [2.05, 4.69) is 24.1 Å². The van der Waals surface area contributed by atoms with Crippen LogP contribution in [0.4, 0.5) is 0 Å². The van der Waals surface area contributed by atoms with Crippen LogP contribution in [0, 0.1) is 11.8 Å². The van der Waals surface area contributed by atoms with E-state index in [1.165, 1.54) is 44.9 Å². The highest BCUT2D eigenvalue weighted by Gasteiger charge is 2.39. The lowest BCUT2D eigenvalue weighted by Gasteiger charge is -2.38. The molecule has 2 aliphatic carbocycles. The predicted molar refractivity (Wildman–Crippen MR) is 79.0 cm³/mol. The Morgan fingerprint density at radius 3 is 2.11 bits per heavy atom. The van der Waals surface area contributed by atoms with Crippen LogP contribution in [-0.2, 0) is 4.79 Å². The zero-order chi connectivity index (χ0) is 13.8. The molecule has 3 heteroatoms. The SMILES string of the molecule is CCC1CCC(N(C(=O)C(C)CNC)C2CC2)CC1. The van der Waals surface area contributed by atoms with Gasteiger partial charge in [0.05, 0.1) is 0 Å². The molecule has 1 unspecified atom stereocenters. The van der Waals surface area contributed by atoms with Gasteiger partial charge in [-0.15, -0.1) is 0 Å². The molecule has 2 fully saturated rings. The fraction of sp³-hybridized carbons (Fsp3) is 0.938. The molecule has 19 heavy (non-hydrogen) atoms. The topological polar surface area (TPSA) is 32.3 Å². The van der Waals surface area contributed by atoms with Crippen molar-refractivity contribution < 1.29 is 4.79 Å². The van der Waals surface area contributed by atoms with Gasteiger partial charge in [0.1, 0.15) is 0 Å². The molecule has 0 saturated heterocycles. The van der Waals surface area contributed by atoms with Crippen LogP contribution >= 0.6 is 0 Å². The minimum atomic E-state index is 0.120. The van der Waals surface area contributed by atoms with Gasteiger partial charge in [0.25, 0.3) is 0 Å². The van der Waals surface area contributed by atoms with Gasteiger partial charge in [-0.3, -0.25) is 4.79 Å². The average molecular weight is 266 g/mol. The normalized spacial score (nSPS) is 29.0. The van der Waals surface area contributed by atoms with Gasteiger partial charge in [0.2, 0.25) is 5.91 Å². The van der Waals surface area contributed by atoms with E-state index in [-0.39, 0.29) is 5.92 Å². The number of nitrogens with zero attached hydrogens (tertiary/aromatic N) is 1. The second-order valence-electron chi connectivity index (χ2n) is 6.52. The Kier molecular flexibility index (Phi) is 5.26. The summed E-state index contributed by atoms with van der Waals surface area (Å²) in [4.78, 5) is 14.9. The van der Waals surface area contributed by atoms with Crippen LogP contribution < -0.4 is 5.32 Å². The summed E-state index contributed by atoms with van der Waals surface area (Å²) in [7, 11) is 1.93. The van der Waals surface area contributed by atoms with E-state index in [1.54, 1.807) is 0 Å². The summed E-state index contributed by atoms with van der Waals surface area (Å²) < 4.78 is 0. The summed E-state index contributed by atoms with van der Waals surface area (Å²) in [5.41, 5.74) is 0. The third-order valence-corrected chi connectivity index (χ3v) is 4.91. The largest absolute Gasteiger partial charge is 0.336 e. The Morgan fingerprint density at radius 2 is 1.68 bits per heavy atom. The third-order valence-electron chi connectivity index (χ3n) is 4.91. The van der Waals surface area contributed by atoms with E-state index >= 15 is 0 Å². The first-order valence-electron chi connectivity index (χ1n) is 8.14. The molecule has 2 saturated carbocycles. The predicted octanol–water partition coefficient (Wildman–Crippen LogP) is 2.80. The molecule has 2 rings (SSSR count). The Hall–Kier alpha value is -0.570. The van der Waals surface area contributed by atoms with Crippen molar-refractivity contribution in [2.75, 3.05) is 13.6 Å². The first kappa shape index (κ1) is 14.8. The number of carbonyl (C=O) groups excluding carboxylic acids is 1. The fourth-order valence-electron chi connectivity index (χ4n) is 3.49. The van der Waals surface area contributed by atoms with Gasteiger partial charge in [0, 0.05) is 24.5 Å². The molecule has 0 aromatic heterocycles. The second-order valence-corrected chi connectivity index (χ2v) is 6.52. The maximum Gasteiger partial charge on any atom is 0.227 e. The molecule has 1 atom stereocenters. The maximum atomic E-state index is 12.7. The molecule has 0 bridgehead atoms. The molecule has 1 amide bonds. The molecule has 1 N–H and O–H groups in total. The van der Waals surface area contributed by atoms with E-state index in [1.807, 2.05) is 7.05 Å². The Morgan fingerprint density at radius 1 is 1.16 bits per heavy atom. The van der Waals surface area contributed by atoms with Crippen molar-refractivity contribution in [1.29, 1.82) is 0 Å². The van der Waals surface area contributed by atoms with Gasteiger partial charge in [-0.2, -0.15) is 0 Å². The fourth-order valence-corrected chi connectivity index (χ4v) is 3.49. The van der Waals surface area contributed by atoms with Gasteiger partial charge in [-0.05, 0) is 51.5 Å². The standard InChI is InChI=1S/C16H30N2O/c1-4-13-5-7-14(8-6-13)18(15-9-10-15)16(19)12(2)11-17-3/h12-15,17H,4-11H2,1-3H3. The quantitative estimate of drug-likeness (QED) is 0.802. The number of hydrogen-bond donors (Lipinski definition) is 1. The first-order chi connectivity index (χ1) is 9.17. The van der Waals surface area contributed by atoms with E-state index in [4.69, 9.17) is 0 Å². The van der Waals surface area contributed by atoms with E-state index in [0.717, 1.165) is 12.5 Å². The minimum absolute atomic E-state index is 0.120. The molecule has 110 valence electrons. The van der Waals surface area contributed by atoms with Crippen molar-refractivity contribution in [1.82, 2.24) is 10.2 Å². The molecule has 0 heterocycles. The summed E-state index contributed by atoms with van der Waals surface area (Å²) in [5, 5.41) is 3.13. The molecule has 0 radical (unpaired) electrons. The summed E-state index contributed by atoms with van der Waals surface area (Å²) in [6, 6.07) is 1.09. The maximum absolute atomic E-state index is 12.7. The Labute approximate surface area is 118 Å². The monoisotopic (exact) mass is 266 g/mol. The molecule has 0 spiro atoms. The van der Waals surface area contributed by atoms with Crippen LogP contribution in [0.5, 0.6) is 0 Å². The molecule has 0 aromatic carbocycles. The van der Waals surface area contributed by atoms with Crippen LogP contribution in [0.25, 0.3) is 0 Å². The lowest BCUT2D eigenvalue weighted by Crippen LogP contribution is -2.47. The van der Waals surface area contributed by atoms with Crippen LogP contribution in [0.2, 0.25) is 0 Å². The molecular formula is C16H30N2O. The van der Waals surface area contributed by atoms with Crippen molar-refractivity contribution in [3.63, 3.8) is 0 Å². The smallest absolute Gasteiger partial charge is 0.227 e. The van der Waals surface area contributed by atoms with Crippen LogP contribution in [-0.4, -0.2) is 36.5 Å². The lowest BCUT2D eigenvalue weighted by atomic mass is 9.83. The highest BCUT2D eigenvalue weighted by molar-refractivity contribution is 5.79. The van der Waals surface area contributed by atoms with Crippen LogP contribution in [0.3, 0.4) is 0 Å². The Bertz CT molecular complexity index is 293. The molecule has 3 nitrogen and oxygen atoms in total. The van der Waals surface area contributed by atoms with Gasteiger partial charge in [-0.1, -0.05) is 20.3 Å². The van der Waals surface area contributed by atoms with Crippen LogP contribution in [0.15, 0.2) is 0 Å². The molecular weight excluding hydrogens is 236 g/mol. The van der Waals surface area contributed by atoms with Gasteiger partial charge in [0.15, 0.2) is 0 Å². The summed E-state index contributed by atoms with van der Waals surface area (Å²) in [5.74, 6) is 1.41. The Balaban J connectivity index is 1.94. The third kappa shape index (κ3) is 3.71. The summed E-state index contributed by atoms with van der Waals surface area (Å²) in [6.45, 7) is 5.15.